The molecule has 0 aromatic heterocycles. The third-order valence-corrected chi connectivity index (χ3v) is 0. The molecule has 0 fully saturated rings. The van der Waals surface area contributed by atoms with E-state index in [1.54, 1.807) is 0 Å². The van der Waals surface area contributed by atoms with E-state index in [1.165, 1.54) is 0 Å². The Morgan fingerprint density at radius 2 is 0.833 bits per heavy atom. The fraction of sp³-hybridized carbons (Fsp3) is 1.00. The van der Waals surface area contributed by atoms with Crippen molar-refractivity contribution in [2.45, 2.75) is 0 Å². The predicted molar refractivity (Wildman–Crippen MR) is 11.8 cm³/mol. The van der Waals surface area contributed by atoms with Crippen LogP contribution in [0.1, 0.15) is 0 Å². The summed E-state index contributed by atoms with van der Waals surface area (Å²) in [6.07, 6.45) is 0. The Balaban J connectivity index is -0.00000000500. The Bertz CT molecular complexity index is 11.5. The van der Waals surface area contributed by atoms with E-state index in [1.807, 2.05) is 0 Å². The van der Waals surface area contributed by atoms with Gasteiger partial charge in [-0.15, -0.1) is 0 Å². The van der Waals surface area contributed by atoms with Crippen LogP contribution in [0.25, 0.3) is 0 Å². The fourth-order valence-corrected chi connectivity index (χ4v) is 0. The molecular weight excluding hydrogens is 212 g/mol. The van der Waals surface area contributed by atoms with Crippen LogP contribution in [0.5, 0.6) is 0 Å². The quantitative estimate of drug-likeness (QED) is 0.379. The smallest absolute Gasteiger partial charge is 0.857 e. The second-order valence-electron chi connectivity index (χ2n) is 0. The van der Waals surface area contributed by atoms with Gasteiger partial charge in [0.2, 0.25) is 0 Å². The summed E-state index contributed by atoms with van der Waals surface area (Å²) < 4.78 is 0. The molecule has 4 heteroatoms. The average molecular weight is 218 g/mol. The van der Waals surface area contributed by atoms with Crippen molar-refractivity contribution in [1.29, 1.82) is 0 Å². The molecule has 28 valence electrons. The SMILES string of the molecule is C[O-].C[O-].[Cs+].[Na+]. The first-order valence-electron chi connectivity index (χ1n) is 0.816. The minimum atomic E-state index is 0. The van der Waals surface area contributed by atoms with Crippen LogP contribution < -0.4 is 109 Å². The van der Waals surface area contributed by atoms with Crippen LogP contribution in [0.15, 0.2) is 0 Å². The number of rotatable bonds is 0. The van der Waals surface area contributed by atoms with Gasteiger partial charge in [0.15, 0.2) is 0 Å². The summed E-state index contributed by atoms with van der Waals surface area (Å²) in [5.74, 6) is 0. The van der Waals surface area contributed by atoms with E-state index >= 15 is 0 Å². The number of hydrogen-bond donors (Lipinski definition) is 0. The molecule has 0 heterocycles. The topological polar surface area (TPSA) is 46.1 Å². The summed E-state index contributed by atoms with van der Waals surface area (Å²) in [6.45, 7) is 0. The summed E-state index contributed by atoms with van der Waals surface area (Å²) in [5.41, 5.74) is 0. The van der Waals surface area contributed by atoms with Crippen molar-refractivity contribution < 1.29 is 109 Å². The molecule has 0 aliphatic carbocycles. The van der Waals surface area contributed by atoms with Crippen LogP contribution in [0.2, 0.25) is 0 Å². The molecule has 0 aromatic rings. The fourth-order valence-electron chi connectivity index (χ4n) is 0. The van der Waals surface area contributed by atoms with Crippen LogP contribution in [0.4, 0.5) is 0 Å². The van der Waals surface area contributed by atoms with E-state index < -0.39 is 0 Å². The maximum Gasteiger partial charge on any atom is 1.00 e. The van der Waals surface area contributed by atoms with Gasteiger partial charge in [-0.2, -0.15) is 14.2 Å². The van der Waals surface area contributed by atoms with Crippen molar-refractivity contribution >= 4 is 0 Å². The average Bonchev–Trinajstić information content (AvgIpc) is 1.50. The Morgan fingerprint density at radius 1 is 0.833 bits per heavy atom. The summed E-state index contributed by atoms with van der Waals surface area (Å²) in [4.78, 5) is 0. The maximum absolute atomic E-state index is 8.25. The van der Waals surface area contributed by atoms with Gasteiger partial charge in [0.25, 0.3) is 0 Å². The zero-order chi connectivity index (χ0) is 4.00. The minimum Gasteiger partial charge on any atom is -0.857 e. The molecule has 0 rings (SSSR count). The van der Waals surface area contributed by atoms with Crippen molar-refractivity contribution in [1.82, 2.24) is 0 Å². The van der Waals surface area contributed by atoms with E-state index in [4.69, 9.17) is 10.2 Å². The molecule has 0 amide bonds. The first-order chi connectivity index (χ1) is 2.00. The molecule has 0 radical (unpaired) electrons. The van der Waals surface area contributed by atoms with Crippen molar-refractivity contribution in [3.05, 3.63) is 0 Å². The van der Waals surface area contributed by atoms with E-state index in [9.17, 15) is 0 Å². The van der Waals surface area contributed by atoms with E-state index in [2.05, 4.69) is 0 Å². The van der Waals surface area contributed by atoms with Crippen molar-refractivity contribution in [3.8, 4) is 0 Å². The third kappa shape index (κ3) is 28.2. The van der Waals surface area contributed by atoms with Gasteiger partial charge in [0.05, 0.1) is 0 Å². The third-order valence-electron chi connectivity index (χ3n) is 0. The second kappa shape index (κ2) is 43.9. The Labute approximate surface area is 119 Å². The number of hydrogen-bond acceptors (Lipinski definition) is 2. The monoisotopic (exact) mass is 218 g/mol. The van der Waals surface area contributed by atoms with Gasteiger partial charge in [-0.3, -0.25) is 0 Å². The zero-order valence-corrected chi connectivity index (χ0v) is 13.1. The molecule has 0 spiro atoms. The van der Waals surface area contributed by atoms with Gasteiger partial charge < -0.3 is 10.2 Å². The second-order valence-corrected chi connectivity index (χ2v) is 0. The molecule has 2 nitrogen and oxygen atoms in total. The summed E-state index contributed by atoms with van der Waals surface area (Å²) in [5, 5.41) is 16.5. The molecule has 6 heavy (non-hydrogen) atoms. The molecule has 0 aliphatic rings. The normalized spacial score (nSPS) is 2.00. The summed E-state index contributed by atoms with van der Waals surface area (Å²) in [6, 6.07) is 0. The van der Waals surface area contributed by atoms with Gasteiger partial charge in [-0.1, -0.05) is 0 Å². The van der Waals surface area contributed by atoms with Crippen LogP contribution in [-0.2, 0) is 0 Å². The predicted octanol–water partition coefficient (Wildman–Crippen LogP) is -8.04. The molecule has 0 aliphatic heterocycles. The van der Waals surface area contributed by atoms with Crippen molar-refractivity contribution in [2.24, 2.45) is 0 Å². The Morgan fingerprint density at radius 3 is 0.833 bits per heavy atom. The first-order valence-corrected chi connectivity index (χ1v) is 0.816. The van der Waals surface area contributed by atoms with Gasteiger partial charge in [-0.05, 0) is 0 Å². The Kier molecular flexibility index (Phi) is 169. The molecular formula is C2H6CsNaO2. The molecule has 0 unspecified atom stereocenters. The van der Waals surface area contributed by atoms with Crippen LogP contribution >= 0.6 is 0 Å². The van der Waals surface area contributed by atoms with Gasteiger partial charge in [0, 0.05) is 0 Å². The maximum atomic E-state index is 8.25. The standard InChI is InChI=1S/2CH3O.Cs.Na/c2*1-2;;/h2*1H3;;/q2*-1;2*+1. The zero-order valence-electron chi connectivity index (χ0n) is 4.82. The molecule has 0 saturated heterocycles. The first kappa shape index (κ1) is 23.1. The largest absolute Gasteiger partial charge is 1.00 e. The van der Waals surface area contributed by atoms with E-state index in [0.29, 0.717) is 0 Å². The summed E-state index contributed by atoms with van der Waals surface area (Å²) >= 11 is 0. The van der Waals surface area contributed by atoms with Crippen LogP contribution in [-0.4, -0.2) is 14.2 Å². The van der Waals surface area contributed by atoms with Gasteiger partial charge in [-0.25, -0.2) is 0 Å². The summed E-state index contributed by atoms with van der Waals surface area (Å²) in [7, 11) is 1.50. The van der Waals surface area contributed by atoms with E-state index in [0.717, 1.165) is 14.2 Å². The van der Waals surface area contributed by atoms with Gasteiger partial charge >= 0.3 is 98.5 Å². The van der Waals surface area contributed by atoms with Crippen molar-refractivity contribution in [2.75, 3.05) is 14.2 Å². The molecule has 0 aromatic carbocycles. The molecule has 0 saturated carbocycles. The Hall–Kier alpha value is 2.97. The van der Waals surface area contributed by atoms with Crippen LogP contribution in [0.3, 0.4) is 0 Å². The van der Waals surface area contributed by atoms with Crippen molar-refractivity contribution in [3.63, 3.8) is 0 Å². The van der Waals surface area contributed by atoms with Crippen LogP contribution in [0, 0.1) is 0 Å². The minimum absolute atomic E-state index is 0. The molecule has 0 atom stereocenters. The van der Waals surface area contributed by atoms with Gasteiger partial charge in [0.1, 0.15) is 0 Å². The van der Waals surface area contributed by atoms with E-state index in [-0.39, 0.29) is 98.5 Å². The molecule has 0 bridgehead atoms. The molecule has 0 N–H and O–H groups in total.